The Morgan fingerprint density at radius 2 is 1.94 bits per heavy atom. The van der Waals surface area contributed by atoms with Crippen molar-refractivity contribution in [2.45, 2.75) is 32.8 Å². The Morgan fingerprint density at radius 3 is 2.39 bits per heavy atom. The molecule has 18 heavy (non-hydrogen) atoms. The van der Waals surface area contributed by atoms with E-state index in [4.69, 9.17) is 4.74 Å². The van der Waals surface area contributed by atoms with Crippen molar-refractivity contribution in [2.75, 3.05) is 13.1 Å². The molecular formula is C10H16BF3KNO2. The van der Waals surface area contributed by atoms with E-state index in [2.05, 4.69) is 0 Å². The van der Waals surface area contributed by atoms with Crippen molar-refractivity contribution >= 4 is 13.1 Å². The molecule has 0 atom stereocenters. The normalized spacial score (nSPS) is 16.8. The van der Waals surface area contributed by atoms with Crippen LogP contribution in [0.2, 0.25) is 0 Å². The molecule has 0 saturated carbocycles. The third-order valence-corrected chi connectivity index (χ3v) is 2.25. The number of hydrogen-bond donors (Lipinski definition) is 0. The van der Waals surface area contributed by atoms with Crippen LogP contribution < -0.4 is 51.4 Å². The number of rotatable bonds is 1. The van der Waals surface area contributed by atoms with E-state index in [0.717, 1.165) is 11.0 Å². The number of ether oxygens (including phenoxy) is 1. The molecule has 0 aromatic rings. The van der Waals surface area contributed by atoms with Crippen LogP contribution in [0.1, 0.15) is 27.2 Å². The minimum atomic E-state index is -5.01. The Hall–Kier alpha value is 0.501. The van der Waals surface area contributed by atoms with Gasteiger partial charge in [0, 0.05) is 13.1 Å². The molecular weight excluding hydrogens is 273 g/mol. The predicted octanol–water partition coefficient (Wildman–Crippen LogP) is -0.0558. The Bertz CT molecular complexity index is 339. The predicted molar refractivity (Wildman–Crippen MR) is 59.6 cm³/mol. The molecule has 0 spiro atoms. The van der Waals surface area contributed by atoms with Crippen molar-refractivity contribution in [2.24, 2.45) is 0 Å². The van der Waals surface area contributed by atoms with Crippen molar-refractivity contribution in [3.63, 3.8) is 0 Å². The minimum absolute atomic E-state index is 0. The topological polar surface area (TPSA) is 29.5 Å². The molecule has 1 rings (SSSR count). The molecule has 8 heteroatoms. The van der Waals surface area contributed by atoms with Gasteiger partial charge in [-0.1, -0.05) is 0 Å². The van der Waals surface area contributed by atoms with Gasteiger partial charge in [0.1, 0.15) is 5.60 Å². The number of nitrogens with zero attached hydrogens (tertiary/aromatic N) is 1. The van der Waals surface area contributed by atoms with Crippen molar-refractivity contribution < 1.29 is 73.9 Å². The molecule has 1 amide bonds. The molecule has 0 aromatic carbocycles. The molecule has 0 bridgehead atoms. The first kappa shape index (κ1) is 18.5. The van der Waals surface area contributed by atoms with Gasteiger partial charge < -0.3 is 22.6 Å². The van der Waals surface area contributed by atoms with Crippen LogP contribution in [0.3, 0.4) is 0 Å². The van der Waals surface area contributed by atoms with Crippen LogP contribution in [0.25, 0.3) is 0 Å². The molecule has 3 nitrogen and oxygen atoms in total. The Kier molecular flexibility index (Phi) is 6.97. The number of hydrogen-bond acceptors (Lipinski definition) is 2. The molecule has 1 heterocycles. The molecule has 1 aliphatic rings. The largest absolute Gasteiger partial charge is 1.00 e. The number of carbonyl (C=O) groups excluding carboxylic acids is 1. The summed E-state index contributed by atoms with van der Waals surface area (Å²) < 4.78 is 42.6. The molecule has 0 unspecified atom stereocenters. The van der Waals surface area contributed by atoms with Gasteiger partial charge in [-0.25, -0.2) is 4.79 Å². The molecule has 0 N–H and O–H groups in total. The molecule has 0 saturated heterocycles. The summed E-state index contributed by atoms with van der Waals surface area (Å²) in [5.74, 6) is 0. The zero-order chi connectivity index (χ0) is 13.3. The maximum absolute atomic E-state index is 12.5. The quantitative estimate of drug-likeness (QED) is 0.633. The molecule has 98 valence electrons. The van der Waals surface area contributed by atoms with Crippen LogP contribution >= 0.6 is 0 Å². The van der Waals surface area contributed by atoms with E-state index in [0.29, 0.717) is 0 Å². The van der Waals surface area contributed by atoms with Gasteiger partial charge >= 0.3 is 64.5 Å². The molecule has 0 radical (unpaired) electrons. The summed E-state index contributed by atoms with van der Waals surface area (Å²) in [6.45, 7) is -0.108. The van der Waals surface area contributed by atoms with Crippen LogP contribution in [0.4, 0.5) is 17.7 Å². The second-order valence-electron chi connectivity index (χ2n) is 5.04. The molecule has 1 aliphatic heterocycles. The van der Waals surface area contributed by atoms with Gasteiger partial charge in [0.2, 0.25) is 0 Å². The average molecular weight is 289 g/mol. The summed E-state index contributed by atoms with van der Waals surface area (Å²) >= 11 is 0. The van der Waals surface area contributed by atoms with E-state index >= 15 is 0 Å². The summed E-state index contributed by atoms with van der Waals surface area (Å²) in [7, 11) is 0. The van der Waals surface area contributed by atoms with E-state index in [1.165, 1.54) is 0 Å². The second-order valence-corrected chi connectivity index (χ2v) is 5.04. The third-order valence-electron chi connectivity index (χ3n) is 2.25. The van der Waals surface area contributed by atoms with Crippen LogP contribution in [0.5, 0.6) is 0 Å². The number of halogens is 3. The Labute approximate surface area is 148 Å². The van der Waals surface area contributed by atoms with Crippen molar-refractivity contribution in [3.8, 4) is 0 Å². The standard InChI is InChI=1S/C10H16BF3NO2.K/c1-10(2,3)17-9(16)15-6-4-5-8(7-15)11(12,13)14;/h5H,4,6-7H2,1-3H3;/q-1;+1. The monoisotopic (exact) mass is 289 g/mol. The van der Waals surface area contributed by atoms with Gasteiger partial charge in [-0.15, -0.1) is 11.5 Å². The van der Waals surface area contributed by atoms with Crippen molar-refractivity contribution in [1.29, 1.82) is 0 Å². The first-order valence-corrected chi connectivity index (χ1v) is 5.46. The number of carbonyl (C=O) groups is 1. The fourth-order valence-corrected chi connectivity index (χ4v) is 1.49. The fourth-order valence-electron chi connectivity index (χ4n) is 1.49. The van der Waals surface area contributed by atoms with E-state index in [9.17, 15) is 17.7 Å². The summed E-state index contributed by atoms with van der Waals surface area (Å²) in [5, 5.41) is 0. The SMILES string of the molecule is CC(C)(C)OC(=O)N1CCC=C([B-](F)(F)F)C1.[K+]. The zero-order valence-corrected chi connectivity index (χ0v) is 14.3. The second kappa shape index (κ2) is 6.79. The van der Waals surface area contributed by atoms with Gasteiger partial charge in [-0.05, 0) is 27.2 Å². The van der Waals surface area contributed by atoms with Crippen LogP contribution in [0.15, 0.2) is 11.5 Å². The van der Waals surface area contributed by atoms with E-state index in [1.54, 1.807) is 20.8 Å². The zero-order valence-electron chi connectivity index (χ0n) is 11.2. The van der Waals surface area contributed by atoms with Gasteiger partial charge in [-0.3, -0.25) is 0 Å². The smallest absolute Gasteiger partial charge is 0.445 e. The van der Waals surface area contributed by atoms with Crippen molar-refractivity contribution in [3.05, 3.63) is 11.5 Å². The van der Waals surface area contributed by atoms with Gasteiger partial charge in [-0.2, -0.15) is 0 Å². The third kappa shape index (κ3) is 6.10. The molecule has 0 fully saturated rings. The molecule has 0 aromatic heterocycles. The summed E-state index contributed by atoms with van der Waals surface area (Å²) in [5.41, 5.74) is -1.32. The van der Waals surface area contributed by atoms with Crippen molar-refractivity contribution in [1.82, 2.24) is 4.90 Å². The van der Waals surface area contributed by atoms with Crippen LogP contribution in [-0.2, 0) is 4.74 Å². The van der Waals surface area contributed by atoms with Crippen LogP contribution in [-0.4, -0.2) is 36.7 Å². The maximum Gasteiger partial charge on any atom is 1.00 e. The van der Waals surface area contributed by atoms with Gasteiger partial charge in [0.15, 0.2) is 0 Å². The Balaban J connectivity index is 0.00000289. The molecule has 0 aliphatic carbocycles. The summed E-state index contributed by atoms with van der Waals surface area (Å²) in [6, 6.07) is 0. The fraction of sp³-hybridized carbons (Fsp3) is 0.700. The van der Waals surface area contributed by atoms with Gasteiger partial charge in [0.25, 0.3) is 0 Å². The summed E-state index contributed by atoms with van der Waals surface area (Å²) in [4.78, 5) is 12.7. The first-order chi connectivity index (χ1) is 7.59. The van der Waals surface area contributed by atoms with Crippen LogP contribution in [0, 0.1) is 0 Å². The Morgan fingerprint density at radius 1 is 1.39 bits per heavy atom. The summed E-state index contributed by atoms with van der Waals surface area (Å²) in [6.07, 6.45) is 0.680. The van der Waals surface area contributed by atoms with Gasteiger partial charge in [0.05, 0.1) is 0 Å². The average Bonchev–Trinajstić information content (AvgIpc) is 2.14. The van der Waals surface area contributed by atoms with E-state index < -0.39 is 30.7 Å². The first-order valence-electron chi connectivity index (χ1n) is 5.46. The minimum Gasteiger partial charge on any atom is -0.445 e. The number of amides is 1. The van der Waals surface area contributed by atoms with E-state index in [1.807, 2.05) is 0 Å². The maximum atomic E-state index is 12.5. The van der Waals surface area contributed by atoms with E-state index in [-0.39, 0.29) is 64.4 Å².